The van der Waals surface area contributed by atoms with Gasteiger partial charge < -0.3 is 23.8 Å². The van der Waals surface area contributed by atoms with E-state index in [1.807, 2.05) is 6.92 Å². The normalized spacial score (nSPS) is 25.7. The quantitative estimate of drug-likeness (QED) is 0.732. The van der Waals surface area contributed by atoms with Gasteiger partial charge in [0.05, 0.1) is 20.3 Å². The number of carbonyl (C=O) groups excluding carboxylic acids is 2. The lowest BCUT2D eigenvalue weighted by molar-refractivity contribution is -0.195. The van der Waals surface area contributed by atoms with Gasteiger partial charge in [0.25, 0.3) is 0 Å². The molecular formula is C14H23NO6. The van der Waals surface area contributed by atoms with E-state index in [1.165, 1.54) is 14.0 Å². The highest BCUT2D eigenvalue weighted by molar-refractivity contribution is 5.68. The topological polar surface area (TPSA) is 74.3 Å². The Morgan fingerprint density at radius 2 is 2.05 bits per heavy atom. The van der Waals surface area contributed by atoms with Crippen LogP contribution in [0.2, 0.25) is 0 Å². The summed E-state index contributed by atoms with van der Waals surface area (Å²) in [6.07, 6.45) is 1.07. The third kappa shape index (κ3) is 3.85. The Hall–Kier alpha value is -1.34. The maximum atomic E-state index is 11.9. The van der Waals surface area contributed by atoms with Crippen LogP contribution in [0.1, 0.15) is 33.1 Å². The van der Waals surface area contributed by atoms with E-state index in [9.17, 15) is 9.59 Å². The van der Waals surface area contributed by atoms with Crippen LogP contribution in [0.3, 0.4) is 0 Å². The minimum atomic E-state index is -0.606. The number of esters is 1. The molecule has 1 amide bonds. The molecule has 21 heavy (non-hydrogen) atoms. The van der Waals surface area contributed by atoms with Crippen molar-refractivity contribution in [2.24, 2.45) is 0 Å². The zero-order valence-electron chi connectivity index (χ0n) is 12.8. The number of methoxy groups -OCH3 is 1. The lowest BCUT2D eigenvalue weighted by Crippen LogP contribution is -2.54. The van der Waals surface area contributed by atoms with E-state index >= 15 is 0 Å². The summed E-state index contributed by atoms with van der Waals surface area (Å²) in [4.78, 5) is 24.6. The molecule has 7 heteroatoms. The summed E-state index contributed by atoms with van der Waals surface area (Å²) in [5, 5.41) is 0. The van der Waals surface area contributed by atoms with Crippen LogP contribution in [-0.2, 0) is 23.7 Å². The molecule has 2 atom stereocenters. The van der Waals surface area contributed by atoms with Crippen molar-refractivity contribution in [3.8, 4) is 0 Å². The molecule has 2 rings (SSSR count). The molecule has 120 valence electrons. The first kappa shape index (κ1) is 16.0. The first-order valence-corrected chi connectivity index (χ1v) is 7.25. The van der Waals surface area contributed by atoms with Crippen LogP contribution in [-0.4, -0.2) is 61.8 Å². The van der Waals surface area contributed by atoms with Gasteiger partial charge in [-0.3, -0.25) is 4.79 Å². The number of likely N-dealkylation sites (tertiary alicyclic amines) is 1. The van der Waals surface area contributed by atoms with Crippen LogP contribution in [0, 0.1) is 0 Å². The predicted octanol–water partition coefficient (Wildman–Crippen LogP) is 1.30. The fourth-order valence-corrected chi connectivity index (χ4v) is 3.09. The van der Waals surface area contributed by atoms with Crippen molar-refractivity contribution in [1.29, 1.82) is 0 Å². The Labute approximate surface area is 124 Å². The smallest absolute Gasteiger partial charge is 0.409 e. The van der Waals surface area contributed by atoms with Crippen molar-refractivity contribution in [3.05, 3.63) is 0 Å². The molecule has 7 nitrogen and oxygen atoms in total. The fraction of sp³-hybridized carbons (Fsp3) is 0.857. The molecule has 2 aliphatic heterocycles. The summed E-state index contributed by atoms with van der Waals surface area (Å²) in [7, 11) is 1.36. The number of rotatable bonds is 3. The van der Waals surface area contributed by atoms with Crippen molar-refractivity contribution in [2.45, 2.75) is 51.0 Å². The van der Waals surface area contributed by atoms with Crippen LogP contribution in [0.25, 0.3) is 0 Å². The molecule has 0 aromatic heterocycles. The maximum Gasteiger partial charge on any atom is 0.409 e. The average molecular weight is 301 g/mol. The third-order valence-corrected chi connectivity index (χ3v) is 3.91. The van der Waals surface area contributed by atoms with Crippen LogP contribution in [0.15, 0.2) is 0 Å². The van der Waals surface area contributed by atoms with Gasteiger partial charge in [0.2, 0.25) is 0 Å². The van der Waals surface area contributed by atoms with E-state index < -0.39 is 5.79 Å². The van der Waals surface area contributed by atoms with Crippen molar-refractivity contribution < 1.29 is 28.5 Å². The van der Waals surface area contributed by atoms with Gasteiger partial charge in [0.1, 0.15) is 6.10 Å². The predicted molar refractivity (Wildman–Crippen MR) is 72.6 cm³/mol. The van der Waals surface area contributed by atoms with E-state index in [-0.39, 0.29) is 24.2 Å². The largest absolute Gasteiger partial charge is 0.463 e. The van der Waals surface area contributed by atoms with E-state index in [4.69, 9.17) is 18.9 Å². The molecule has 0 radical (unpaired) electrons. The van der Waals surface area contributed by atoms with Gasteiger partial charge in [-0.05, 0) is 6.92 Å². The zero-order valence-corrected chi connectivity index (χ0v) is 12.8. The molecule has 2 heterocycles. The Balaban J connectivity index is 2.05. The molecule has 2 fully saturated rings. The number of hydrogen-bond donors (Lipinski definition) is 0. The zero-order chi connectivity index (χ0) is 15.5. The second-order valence-electron chi connectivity index (χ2n) is 5.53. The highest BCUT2D eigenvalue weighted by Gasteiger charge is 2.46. The summed E-state index contributed by atoms with van der Waals surface area (Å²) >= 11 is 0. The highest BCUT2D eigenvalue weighted by Crippen LogP contribution is 2.36. The molecule has 1 spiro atoms. The number of ether oxygens (including phenoxy) is 4. The number of hydrogen-bond acceptors (Lipinski definition) is 6. The molecule has 0 aliphatic carbocycles. The lowest BCUT2D eigenvalue weighted by atomic mass is 9.92. The van der Waals surface area contributed by atoms with E-state index in [0.29, 0.717) is 39.0 Å². The molecule has 0 N–H and O–H groups in total. The van der Waals surface area contributed by atoms with Gasteiger partial charge in [-0.2, -0.15) is 0 Å². The first-order valence-electron chi connectivity index (χ1n) is 7.25. The van der Waals surface area contributed by atoms with Crippen LogP contribution in [0.4, 0.5) is 4.79 Å². The Morgan fingerprint density at radius 1 is 1.38 bits per heavy atom. The van der Waals surface area contributed by atoms with Gasteiger partial charge in [0, 0.05) is 38.8 Å². The van der Waals surface area contributed by atoms with Crippen molar-refractivity contribution in [1.82, 2.24) is 4.90 Å². The van der Waals surface area contributed by atoms with Crippen molar-refractivity contribution in [3.63, 3.8) is 0 Å². The van der Waals surface area contributed by atoms with Gasteiger partial charge in [-0.15, -0.1) is 0 Å². The number of nitrogens with zero attached hydrogens (tertiary/aromatic N) is 1. The maximum absolute atomic E-state index is 11.9. The molecule has 0 saturated carbocycles. The van der Waals surface area contributed by atoms with Gasteiger partial charge in [-0.25, -0.2) is 4.79 Å². The second kappa shape index (κ2) is 6.62. The van der Waals surface area contributed by atoms with E-state index in [0.717, 1.165) is 0 Å². The summed E-state index contributed by atoms with van der Waals surface area (Å²) in [5.74, 6) is -0.934. The van der Waals surface area contributed by atoms with E-state index in [2.05, 4.69) is 0 Å². The van der Waals surface area contributed by atoms with Crippen LogP contribution in [0.5, 0.6) is 0 Å². The summed E-state index contributed by atoms with van der Waals surface area (Å²) < 4.78 is 21.5. The lowest BCUT2D eigenvalue weighted by Gasteiger charge is -2.43. The summed E-state index contributed by atoms with van der Waals surface area (Å²) in [5.41, 5.74) is 0. The molecule has 0 bridgehead atoms. The number of carbonyl (C=O) groups is 2. The molecular weight excluding hydrogens is 278 g/mol. The van der Waals surface area contributed by atoms with Gasteiger partial charge >= 0.3 is 12.1 Å². The highest BCUT2D eigenvalue weighted by atomic mass is 16.7. The van der Waals surface area contributed by atoms with Gasteiger partial charge in [0.15, 0.2) is 5.79 Å². The standard InChI is InChI=1S/C14H23NO6/c1-10(21-11(2)16)8-12-9-14(19-6-7-20-14)4-5-15(12)13(17)18-3/h10,12H,4-9H2,1-3H3/t10-,12-/m0/s1. The molecule has 2 saturated heterocycles. The van der Waals surface area contributed by atoms with Crippen LogP contribution < -0.4 is 0 Å². The average Bonchev–Trinajstić information content (AvgIpc) is 2.85. The number of piperidine rings is 1. The number of amides is 1. The van der Waals surface area contributed by atoms with Crippen molar-refractivity contribution >= 4 is 12.1 Å². The van der Waals surface area contributed by atoms with Gasteiger partial charge in [-0.1, -0.05) is 0 Å². The second-order valence-corrected chi connectivity index (χ2v) is 5.53. The summed E-state index contributed by atoms with van der Waals surface area (Å²) in [6.45, 7) is 4.84. The third-order valence-electron chi connectivity index (χ3n) is 3.91. The minimum absolute atomic E-state index is 0.140. The molecule has 0 unspecified atom stereocenters. The Kier molecular flexibility index (Phi) is 5.05. The summed E-state index contributed by atoms with van der Waals surface area (Å²) in [6, 6.07) is -0.140. The monoisotopic (exact) mass is 301 g/mol. The molecule has 2 aliphatic rings. The van der Waals surface area contributed by atoms with E-state index in [1.54, 1.807) is 4.90 Å². The van der Waals surface area contributed by atoms with Crippen molar-refractivity contribution in [2.75, 3.05) is 26.9 Å². The Morgan fingerprint density at radius 3 is 2.62 bits per heavy atom. The SMILES string of the molecule is COC(=O)N1CCC2(C[C@@H]1C[C@H](C)OC(C)=O)OCCO2. The molecule has 0 aromatic carbocycles. The van der Waals surface area contributed by atoms with Crippen LogP contribution >= 0.6 is 0 Å². The Bertz CT molecular complexity index is 393. The molecule has 0 aromatic rings. The minimum Gasteiger partial charge on any atom is -0.463 e. The first-order chi connectivity index (χ1) is 9.96. The fourth-order valence-electron chi connectivity index (χ4n) is 3.09.